The fourth-order valence-corrected chi connectivity index (χ4v) is 5.72. The summed E-state index contributed by atoms with van der Waals surface area (Å²) in [6, 6.07) is 0. The number of hydrogen-bond acceptors (Lipinski definition) is 4. The van der Waals surface area contributed by atoms with Crippen molar-refractivity contribution >= 4 is 16.6 Å². The molecule has 3 unspecified atom stereocenters. The molecule has 0 amide bonds. The zero-order chi connectivity index (χ0) is 18.2. The van der Waals surface area contributed by atoms with Gasteiger partial charge in [0.2, 0.25) is 8.32 Å². The van der Waals surface area contributed by atoms with E-state index in [9.17, 15) is 0 Å². The Balaban J connectivity index is 2.25. The van der Waals surface area contributed by atoms with E-state index in [0.717, 1.165) is 31.6 Å². The molecule has 0 radical (unpaired) electrons. The van der Waals surface area contributed by atoms with Crippen LogP contribution in [0.2, 0.25) is 39.3 Å². The SMILES string of the molecule is COC1(OC)CCC2C(CO[Si](C)(C)C)CC(O[Si](C)(C)C)=CC21. The number of fused-ring (bicyclic) bond motifs is 1. The van der Waals surface area contributed by atoms with E-state index in [1.165, 1.54) is 0 Å². The van der Waals surface area contributed by atoms with Gasteiger partial charge in [-0.2, -0.15) is 0 Å². The first kappa shape index (κ1) is 20.2. The second kappa shape index (κ2) is 7.23. The topological polar surface area (TPSA) is 36.9 Å². The standard InChI is InChI=1S/C18H36O4Si2/c1-19-18(20-2)10-9-16-14(13-21-23(3,4)5)11-15(12-17(16)18)22-24(6,7)8/h12,14,16-17H,9-11,13H2,1-8H3. The van der Waals surface area contributed by atoms with Gasteiger partial charge in [-0.05, 0) is 63.6 Å². The molecule has 0 heterocycles. The molecule has 0 aliphatic heterocycles. The summed E-state index contributed by atoms with van der Waals surface area (Å²) < 4.78 is 24.3. The highest BCUT2D eigenvalue weighted by atomic mass is 28.4. The molecule has 0 N–H and O–H groups in total. The van der Waals surface area contributed by atoms with Crippen molar-refractivity contribution in [3.8, 4) is 0 Å². The van der Waals surface area contributed by atoms with Crippen LogP contribution in [0.3, 0.4) is 0 Å². The third-order valence-corrected chi connectivity index (χ3v) is 7.00. The van der Waals surface area contributed by atoms with Gasteiger partial charge in [0.15, 0.2) is 14.1 Å². The molecule has 2 rings (SSSR count). The maximum atomic E-state index is 6.38. The molecule has 1 saturated carbocycles. The maximum absolute atomic E-state index is 6.38. The van der Waals surface area contributed by atoms with Crippen LogP contribution in [0.4, 0.5) is 0 Å². The Bertz CT molecular complexity index is 461. The number of methoxy groups -OCH3 is 2. The summed E-state index contributed by atoms with van der Waals surface area (Å²) in [6.07, 6.45) is 5.35. The normalized spacial score (nSPS) is 30.0. The van der Waals surface area contributed by atoms with Crippen molar-refractivity contribution in [2.45, 2.75) is 64.3 Å². The van der Waals surface area contributed by atoms with Gasteiger partial charge in [-0.3, -0.25) is 0 Å². The zero-order valence-electron chi connectivity index (χ0n) is 16.8. The van der Waals surface area contributed by atoms with E-state index in [1.807, 2.05) is 0 Å². The summed E-state index contributed by atoms with van der Waals surface area (Å²) in [4.78, 5) is 0. The van der Waals surface area contributed by atoms with Crippen LogP contribution in [-0.4, -0.2) is 43.2 Å². The number of rotatable bonds is 7. The Hall–Kier alpha value is -0.146. The van der Waals surface area contributed by atoms with Gasteiger partial charge in [0.05, 0.1) is 5.76 Å². The Labute approximate surface area is 150 Å². The summed E-state index contributed by atoms with van der Waals surface area (Å²) >= 11 is 0. The average Bonchev–Trinajstić information content (AvgIpc) is 2.81. The molecule has 2 aliphatic carbocycles. The lowest BCUT2D eigenvalue weighted by molar-refractivity contribution is -0.224. The fraction of sp³-hybridized carbons (Fsp3) is 0.889. The van der Waals surface area contributed by atoms with Gasteiger partial charge in [0, 0.05) is 39.6 Å². The first-order valence-electron chi connectivity index (χ1n) is 9.13. The number of ether oxygens (including phenoxy) is 2. The van der Waals surface area contributed by atoms with Gasteiger partial charge < -0.3 is 18.3 Å². The minimum absolute atomic E-state index is 0.253. The van der Waals surface area contributed by atoms with Crippen LogP contribution < -0.4 is 0 Å². The van der Waals surface area contributed by atoms with E-state index in [4.69, 9.17) is 18.3 Å². The van der Waals surface area contributed by atoms with E-state index in [-0.39, 0.29) is 5.92 Å². The molecule has 0 saturated heterocycles. The van der Waals surface area contributed by atoms with Crippen molar-refractivity contribution in [2.75, 3.05) is 20.8 Å². The Morgan fingerprint density at radius 2 is 1.67 bits per heavy atom. The predicted octanol–water partition coefficient (Wildman–Crippen LogP) is 4.61. The van der Waals surface area contributed by atoms with Crippen LogP contribution in [0.25, 0.3) is 0 Å². The fourth-order valence-electron chi connectivity index (χ4n) is 4.07. The third kappa shape index (κ3) is 4.72. The Kier molecular flexibility index (Phi) is 6.08. The molecule has 3 atom stereocenters. The van der Waals surface area contributed by atoms with Crippen molar-refractivity contribution in [1.29, 1.82) is 0 Å². The molecule has 0 aromatic heterocycles. The van der Waals surface area contributed by atoms with Gasteiger partial charge in [-0.25, -0.2) is 0 Å². The molecule has 4 nitrogen and oxygen atoms in total. The smallest absolute Gasteiger partial charge is 0.241 e. The van der Waals surface area contributed by atoms with Gasteiger partial charge in [0.1, 0.15) is 0 Å². The zero-order valence-corrected chi connectivity index (χ0v) is 18.8. The van der Waals surface area contributed by atoms with Crippen LogP contribution in [0.15, 0.2) is 11.8 Å². The summed E-state index contributed by atoms with van der Waals surface area (Å²) in [5, 5.41) is 0. The lowest BCUT2D eigenvalue weighted by Gasteiger charge is -2.40. The summed E-state index contributed by atoms with van der Waals surface area (Å²) in [6.45, 7) is 14.3. The Morgan fingerprint density at radius 3 is 2.17 bits per heavy atom. The highest BCUT2D eigenvalue weighted by Gasteiger charge is 2.53. The molecule has 0 spiro atoms. The van der Waals surface area contributed by atoms with Gasteiger partial charge in [0.25, 0.3) is 0 Å². The van der Waals surface area contributed by atoms with Crippen molar-refractivity contribution in [1.82, 2.24) is 0 Å². The summed E-state index contributed by atoms with van der Waals surface area (Å²) in [5.41, 5.74) is 0. The minimum atomic E-state index is -1.63. The predicted molar refractivity (Wildman–Crippen MR) is 103 cm³/mol. The Morgan fingerprint density at radius 1 is 1.04 bits per heavy atom. The first-order chi connectivity index (χ1) is 11.0. The highest BCUT2D eigenvalue weighted by Crippen LogP contribution is 2.51. The highest BCUT2D eigenvalue weighted by molar-refractivity contribution is 6.70. The minimum Gasteiger partial charge on any atom is -0.548 e. The van der Waals surface area contributed by atoms with Crippen LogP contribution in [0, 0.1) is 17.8 Å². The van der Waals surface area contributed by atoms with Crippen LogP contribution in [0.1, 0.15) is 19.3 Å². The van der Waals surface area contributed by atoms with E-state index >= 15 is 0 Å². The molecule has 0 bridgehead atoms. The summed E-state index contributed by atoms with van der Waals surface area (Å²) in [7, 11) is 0.383. The molecule has 140 valence electrons. The third-order valence-electron chi connectivity index (χ3n) is 5.09. The van der Waals surface area contributed by atoms with E-state index in [0.29, 0.717) is 11.8 Å². The van der Waals surface area contributed by atoms with Crippen molar-refractivity contribution in [2.24, 2.45) is 17.8 Å². The van der Waals surface area contributed by atoms with Crippen LogP contribution >= 0.6 is 0 Å². The lowest BCUT2D eigenvalue weighted by Crippen LogP contribution is -2.43. The lowest BCUT2D eigenvalue weighted by atomic mass is 9.76. The molecule has 24 heavy (non-hydrogen) atoms. The second-order valence-corrected chi connectivity index (χ2v) is 18.1. The molecule has 0 aromatic carbocycles. The van der Waals surface area contributed by atoms with E-state index < -0.39 is 22.4 Å². The monoisotopic (exact) mass is 372 g/mol. The van der Waals surface area contributed by atoms with Crippen molar-refractivity contribution < 1.29 is 18.3 Å². The second-order valence-electron chi connectivity index (χ2n) is 9.18. The maximum Gasteiger partial charge on any atom is 0.241 e. The largest absolute Gasteiger partial charge is 0.548 e. The molecular weight excluding hydrogens is 336 g/mol. The quantitative estimate of drug-likeness (QED) is 0.483. The number of allylic oxidation sites excluding steroid dienone is 1. The number of hydrogen-bond donors (Lipinski definition) is 0. The van der Waals surface area contributed by atoms with Gasteiger partial charge >= 0.3 is 0 Å². The molecule has 6 heteroatoms. The van der Waals surface area contributed by atoms with Crippen molar-refractivity contribution in [3.05, 3.63) is 11.8 Å². The average molecular weight is 373 g/mol. The molecule has 2 aliphatic rings. The van der Waals surface area contributed by atoms with E-state index in [2.05, 4.69) is 45.4 Å². The first-order valence-corrected chi connectivity index (χ1v) is 16.0. The van der Waals surface area contributed by atoms with Crippen molar-refractivity contribution in [3.63, 3.8) is 0 Å². The van der Waals surface area contributed by atoms with Gasteiger partial charge in [-0.15, -0.1) is 0 Å². The van der Waals surface area contributed by atoms with Crippen LogP contribution in [0.5, 0.6) is 0 Å². The molecular formula is C18H36O4Si2. The summed E-state index contributed by atoms with van der Waals surface area (Å²) in [5.74, 6) is 1.92. The van der Waals surface area contributed by atoms with E-state index in [1.54, 1.807) is 14.2 Å². The van der Waals surface area contributed by atoms with Crippen LogP contribution in [-0.2, 0) is 18.3 Å². The molecule has 1 fully saturated rings. The van der Waals surface area contributed by atoms with Gasteiger partial charge in [-0.1, -0.05) is 0 Å². The molecule has 0 aromatic rings.